The van der Waals surface area contributed by atoms with Crippen molar-refractivity contribution in [2.75, 3.05) is 20.2 Å². The second-order valence-electron chi connectivity index (χ2n) is 4.97. The van der Waals surface area contributed by atoms with Crippen molar-refractivity contribution < 1.29 is 18.7 Å². The van der Waals surface area contributed by atoms with E-state index < -0.39 is 18.5 Å². The van der Waals surface area contributed by atoms with Crippen molar-refractivity contribution >= 4 is 33.3 Å². The van der Waals surface area contributed by atoms with E-state index in [0.717, 1.165) is 11.3 Å². The van der Waals surface area contributed by atoms with Crippen LogP contribution >= 0.6 is 11.3 Å². The summed E-state index contributed by atoms with van der Waals surface area (Å²) < 4.78 is 19.5. The topological polar surface area (TPSA) is 70.4 Å². The number of amides is 1. The monoisotopic (exact) mass is 334 g/mol. The minimum absolute atomic E-state index is 0.213. The van der Waals surface area contributed by atoms with E-state index in [-0.39, 0.29) is 23.7 Å². The van der Waals surface area contributed by atoms with Crippen molar-refractivity contribution in [1.29, 1.82) is 5.26 Å². The van der Waals surface area contributed by atoms with Crippen LogP contribution in [0.2, 0.25) is 0 Å². The van der Waals surface area contributed by atoms with Gasteiger partial charge in [0.2, 0.25) is 0 Å². The number of hydrogen-bond donors (Lipinski definition) is 0. The number of carbonyl (C=O) groups excluding carboxylic acids is 2. The third-order valence-electron chi connectivity index (χ3n) is 3.40. The van der Waals surface area contributed by atoms with E-state index >= 15 is 0 Å². The summed E-state index contributed by atoms with van der Waals surface area (Å²) in [5, 5.41) is 8.89. The number of fused-ring (bicyclic) bond motifs is 1. The average Bonchev–Trinajstić information content (AvgIpc) is 2.88. The van der Waals surface area contributed by atoms with Crippen LogP contribution < -0.4 is 0 Å². The number of nitrogens with zero attached hydrogens (tertiary/aromatic N) is 2. The van der Waals surface area contributed by atoms with E-state index in [1.54, 1.807) is 19.1 Å². The molecule has 1 aromatic heterocycles. The van der Waals surface area contributed by atoms with Gasteiger partial charge in [-0.05, 0) is 24.6 Å². The fraction of sp³-hybridized carbons (Fsp3) is 0.312. The molecule has 1 amide bonds. The largest absolute Gasteiger partial charge is 0.451 e. The zero-order valence-electron chi connectivity index (χ0n) is 12.8. The third-order valence-corrected chi connectivity index (χ3v) is 4.64. The van der Waals surface area contributed by atoms with Crippen LogP contribution in [0.25, 0.3) is 10.1 Å². The van der Waals surface area contributed by atoms with Gasteiger partial charge in [-0.1, -0.05) is 6.07 Å². The molecule has 0 spiro atoms. The molecule has 1 heterocycles. The summed E-state index contributed by atoms with van der Waals surface area (Å²) in [6.45, 7) is 1.52. The van der Waals surface area contributed by atoms with E-state index in [9.17, 15) is 14.0 Å². The molecule has 0 aliphatic carbocycles. The number of ether oxygens (including phenoxy) is 1. The van der Waals surface area contributed by atoms with E-state index in [1.165, 1.54) is 18.0 Å². The fourth-order valence-electron chi connectivity index (χ4n) is 2.09. The van der Waals surface area contributed by atoms with Gasteiger partial charge in [-0.2, -0.15) is 5.26 Å². The highest BCUT2D eigenvalue weighted by Crippen LogP contribution is 2.32. The summed E-state index contributed by atoms with van der Waals surface area (Å²) in [5.41, 5.74) is 0.512. The van der Waals surface area contributed by atoms with Crippen molar-refractivity contribution in [3.8, 4) is 6.07 Å². The van der Waals surface area contributed by atoms with Crippen molar-refractivity contribution in [3.63, 3.8) is 0 Å². The highest BCUT2D eigenvalue weighted by molar-refractivity contribution is 7.21. The molecular weight excluding hydrogens is 319 g/mol. The summed E-state index contributed by atoms with van der Waals surface area (Å²) in [6.07, 6.45) is 0.213. The molecule has 2 rings (SSSR count). The number of thiophene rings is 1. The quantitative estimate of drug-likeness (QED) is 0.788. The second kappa shape index (κ2) is 7.20. The fourth-order valence-corrected chi connectivity index (χ4v) is 3.21. The first-order chi connectivity index (χ1) is 11.0. The number of esters is 1. The maximum atomic E-state index is 13.8. The Morgan fingerprint density at radius 3 is 2.83 bits per heavy atom. The summed E-state index contributed by atoms with van der Waals surface area (Å²) in [7, 11) is 1.54. The molecule has 0 atom stereocenters. The van der Waals surface area contributed by atoms with E-state index in [4.69, 9.17) is 10.00 Å². The van der Waals surface area contributed by atoms with Gasteiger partial charge < -0.3 is 9.64 Å². The lowest BCUT2D eigenvalue weighted by molar-refractivity contribution is -0.133. The van der Waals surface area contributed by atoms with Crippen LogP contribution in [-0.2, 0) is 9.53 Å². The number of likely N-dealkylation sites (N-methyl/N-ethyl adjacent to an activating group) is 1. The number of rotatable bonds is 5. The Balaban J connectivity index is 2.07. The molecule has 7 heteroatoms. The average molecular weight is 334 g/mol. The molecule has 0 saturated heterocycles. The minimum atomic E-state index is -0.648. The lowest BCUT2D eigenvalue weighted by atomic mass is 10.1. The standard InChI is InChI=1S/C16H15FN2O3S/c1-10-14-11(17)5-3-6-12(14)23-15(10)16(21)22-9-13(20)19(2)8-4-7-18/h3,5-6H,4,8-9H2,1-2H3. The smallest absolute Gasteiger partial charge is 0.349 e. The van der Waals surface area contributed by atoms with Crippen LogP contribution in [0.4, 0.5) is 4.39 Å². The molecule has 0 aliphatic rings. The van der Waals surface area contributed by atoms with Gasteiger partial charge in [0.25, 0.3) is 5.91 Å². The maximum absolute atomic E-state index is 13.8. The molecule has 0 radical (unpaired) electrons. The molecule has 0 fully saturated rings. The predicted octanol–water partition coefficient (Wildman–Crippen LogP) is 2.88. The molecule has 1 aromatic carbocycles. The molecule has 0 aliphatic heterocycles. The summed E-state index contributed by atoms with van der Waals surface area (Å²) >= 11 is 1.14. The number of benzene rings is 1. The van der Waals surface area contributed by atoms with Gasteiger partial charge in [-0.15, -0.1) is 11.3 Å². The molecule has 5 nitrogen and oxygen atoms in total. The Labute approximate surface area is 136 Å². The Morgan fingerprint density at radius 1 is 1.43 bits per heavy atom. The number of carbonyl (C=O) groups is 2. The summed E-state index contributed by atoms with van der Waals surface area (Å²) in [4.78, 5) is 25.5. The minimum Gasteiger partial charge on any atom is -0.451 e. The van der Waals surface area contributed by atoms with Crippen molar-refractivity contribution in [3.05, 3.63) is 34.5 Å². The zero-order valence-corrected chi connectivity index (χ0v) is 13.6. The third kappa shape index (κ3) is 3.66. The number of nitriles is 1. The molecule has 0 bridgehead atoms. The molecule has 0 unspecified atom stereocenters. The Hall–Kier alpha value is -2.46. The first kappa shape index (κ1) is 16.9. The SMILES string of the molecule is Cc1c(C(=O)OCC(=O)N(C)CCC#N)sc2cccc(F)c12. The maximum Gasteiger partial charge on any atom is 0.349 e. The molecule has 0 N–H and O–H groups in total. The normalized spacial score (nSPS) is 10.3. The van der Waals surface area contributed by atoms with Gasteiger partial charge in [0.1, 0.15) is 10.7 Å². The van der Waals surface area contributed by atoms with Crippen LogP contribution in [0.15, 0.2) is 18.2 Å². The summed E-state index contributed by atoms with van der Waals surface area (Å²) in [5.74, 6) is -1.42. The van der Waals surface area contributed by atoms with Crippen LogP contribution in [0.3, 0.4) is 0 Å². The van der Waals surface area contributed by atoms with Gasteiger partial charge in [0.05, 0.1) is 12.5 Å². The molecule has 2 aromatic rings. The van der Waals surface area contributed by atoms with Gasteiger partial charge in [0.15, 0.2) is 6.61 Å². The van der Waals surface area contributed by atoms with Gasteiger partial charge in [-0.3, -0.25) is 4.79 Å². The Kier molecular flexibility index (Phi) is 5.29. The molecular formula is C16H15FN2O3S. The molecule has 0 saturated carbocycles. The first-order valence-corrected chi connectivity index (χ1v) is 7.73. The predicted molar refractivity (Wildman–Crippen MR) is 84.7 cm³/mol. The zero-order chi connectivity index (χ0) is 17.0. The van der Waals surface area contributed by atoms with Crippen molar-refractivity contribution in [2.24, 2.45) is 0 Å². The van der Waals surface area contributed by atoms with Crippen molar-refractivity contribution in [1.82, 2.24) is 4.90 Å². The molecule has 23 heavy (non-hydrogen) atoms. The Bertz CT molecular complexity index is 794. The lowest BCUT2D eigenvalue weighted by Crippen LogP contribution is -2.31. The number of aryl methyl sites for hydroxylation is 1. The van der Waals surface area contributed by atoms with Crippen LogP contribution in [0, 0.1) is 24.1 Å². The number of halogens is 1. The van der Waals surface area contributed by atoms with Crippen molar-refractivity contribution in [2.45, 2.75) is 13.3 Å². The molecule has 120 valence electrons. The van der Waals surface area contributed by atoms with E-state index in [2.05, 4.69) is 0 Å². The lowest BCUT2D eigenvalue weighted by Gasteiger charge is -2.15. The number of hydrogen-bond acceptors (Lipinski definition) is 5. The highest BCUT2D eigenvalue weighted by atomic mass is 32.1. The van der Waals surface area contributed by atoms with Gasteiger partial charge >= 0.3 is 5.97 Å². The second-order valence-corrected chi connectivity index (χ2v) is 6.02. The van der Waals surface area contributed by atoms with Crippen LogP contribution in [0.1, 0.15) is 21.7 Å². The van der Waals surface area contributed by atoms with Gasteiger partial charge in [0, 0.05) is 23.7 Å². The van der Waals surface area contributed by atoms with E-state index in [1.807, 2.05) is 6.07 Å². The van der Waals surface area contributed by atoms with Crippen LogP contribution in [0.5, 0.6) is 0 Å². The first-order valence-electron chi connectivity index (χ1n) is 6.91. The highest BCUT2D eigenvalue weighted by Gasteiger charge is 2.20. The van der Waals surface area contributed by atoms with E-state index in [0.29, 0.717) is 15.6 Å². The Morgan fingerprint density at radius 2 is 2.17 bits per heavy atom. The summed E-state index contributed by atoms with van der Waals surface area (Å²) in [6, 6.07) is 6.58. The van der Waals surface area contributed by atoms with Gasteiger partial charge in [-0.25, -0.2) is 9.18 Å². The van der Waals surface area contributed by atoms with Crippen LogP contribution in [-0.4, -0.2) is 37.0 Å².